The first-order valence-electron chi connectivity index (χ1n) is 12.3. The Bertz CT molecular complexity index is 1530. The minimum Gasteiger partial charge on any atom is -0.383 e. The summed E-state index contributed by atoms with van der Waals surface area (Å²) >= 11 is 0. The molecule has 3 aromatic heterocycles. The zero-order valence-electron chi connectivity index (χ0n) is 21.0. The lowest BCUT2D eigenvalue weighted by molar-refractivity contribution is -0.130. The molecule has 0 aliphatic carbocycles. The van der Waals surface area contributed by atoms with Crippen LogP contribution in [0.5, 0.6) is 0 Å². The third-order valence-electron chi connectivity index (χ3n) is 7.30. The molecule has 190 valence electrons. The predicted molar refractivity (Wildman–Crippen MR) is 139 cm³/mol. The van der Waals surface area contributed by atoms with Gasteiger partial charge in [0.2, 0.25) is 5.91 Å². The normalized spacial score (nSPS) is 17.2. The molecule has 1 atom stereocenters. The van der Waals surface area contributed by atoms with Gasteiger partial charge in [-0.1, -0.05) is 0 Å². The number of nitrogens with one attached hydrogen (secondary N) is 2. The van der Waals surface area contributed by atoms with E-state index in [0.717, 1.165) is 53.2 Å². The molecular weight excluding hydrogens is 473 g/mol. The predicted octanol–water partition coefficient (Wildman–Crippen LogP) is 4.20. The molecule has 2 aliphatic heterocycles. The topological polar surface area (TPSA) is 97.2 Å². The Morgan fingerprint density at radius 1 is 1.16 bits per heavy atom. The Balaban J connectivity index is 1.33. The molecule has 37 heavy (non-hydrogen) atoms. The number of rotatable bonds is 4. The first-order chi connectivity index (χ1) is 17.9. The zero-order chi connectivity index (χ0) is 25.7. The molecule has 1 amide bonds. The van der Waals surface area contributed by atoms with Crippen molar-refractivity contribution in [1.29, 1.82) is 0 Å². The Labute approximate surface area is 213 Å². The fourth-order valence-electron chi connectivity index (χ4n) is 5.15. The molecule has 0 spiro atoms. The van der Waals surface area contributed by atoms with E-state index in [1.165, 1.54) is 12.3 Å². The van der Waals surface area contributed by atoms with Crippen molar-refractivity contribution >= 4 is 34.0 Å². The number of carbonyl (C=O) groups is 1. The number of ether oxygens (including phenoxy) is 1. The van der Waals surface area contributed by atoms with Crippen molar-refractivity contribution in [1.82, 2.24) is 24.6 Å². The smallest absolute Gasteiger partial charge is 0.244 e. The fourth-order valence-corrected chi connectivity index (χ4v) is 5.15. The second-order valence-corrected chi connectivity index (χ2v) is 9.61. The van der Waals surface area contributed by atoms with E-state index >= 15 is 4.39 Å². The number of anilines is 3. The monoisotopic (exact) mass is 501 g/mol. The van der Waals surface area contributed by atoms with Gasteiger partial charge in [-0.15, -0.1) is 0 Å². The molecule has 0 unspecified atom stereocenters. The summed E-state index contributed by atoms with van der Waals surface area (Å²) in [5.74, 6) is 0.831. The number of pyridine rings is 2. The van der Waals surface area contributed by atoms with Gasteiger partial charge < -0.3 is 20.3 Å². The number of fused-ring (bicyclic) bond motifs is 3. The average molecular weight is 502 g/mol. The number of halogens is 1. The highest BCUT2D eigenvalue weighted by Gasteiger charge is 2.24. The van der Waals surface area contributed by atoms with Crippen molar-refractivity contribution in [3.8, 4) is 11.1 Å². The average Bonchev–Trinajstić information content (AvgIpc) is 3.21. The van der Waals surface area contributed by atoms with E-state index in [1.54, 1.807) is 29.9 Å². The molecule has 0 saturated carbocycles. The van der Waals surface area contributed by atoms with E-state index in [0.29, 0.717) is 29.0 Å². The van der Waals surface area contributed by atoms with Gasteiger partial charge in [0.25, 0.3) is 0 Å². The highest BCUT2D eigenvalue weighted by Crippen LogP contribution is 2.38. The van der Waals surface area contributed by atoms with Gasteiger partial charge in [0.1, 0.15) is 24.3 Å². The fraction of sp³-hybridized carbons (Fsp3) is 0.333. The number of aromatic nitrogens is 4. The Morgan fingerprint density at radius 2 is 2.03 bits per heavy atom. The number of nitrogens with zero attached hydrogens (tertiary/aromatic N) is 5. The summed E-state index contributed by atoms with van der Waals surface area (Å²) in [7, 11) is 3.50. The van der Waals surface area contributed by atoms with Crippen molar-refractivity contribution in [2.24, 2.45) is 0 Å². The lowest BCUT2D eigenvalue weighted by Gasteiger charge is -2.27. The first-order valence-corrected chi connectivity index (χ1v) is 12.3. The lowest BCUT2D eigenvalue weighted by atomic mass is 9.95. The second kappa shape index (κ2) is 9.11. The third-order valence-corrected chi connectivity index (χ3v) is 7.30. The molecule has 2 N–H and O–H groups in total. The maximum Gasteiger partial charge on any atom is 0.244 e. The molecule has 1 aromatic carbocycles. The van der Waals surface area contributed by atoms with Crippen LogP contribution in [-0.2, 0) is 22.5 Å². The van der Waals surface area contributed by atoms with Gasteiger partial charge in [-0.3, -0.25) is 14.5 Å². The molecule has 9 nitrogen and oxygen atoms in total. The van der Waals surface area contributed by atoms with Crippen LogP contribution in [0, 0.1) is 12.7 Å². The molecule has 0 radical (unpaired) electrons. The Morgan fingerprint density at radius 3 is 2.86 bits per heavy atom. The van der Waals surface area contributed by atoms with Crippen molar-refractivity contribution in [2.75, 3.05) is 37.9 Å². The van der Waals surface area contributed by atoms with E-state index in [2.05, 4.69) is 25.7 Å². The van der Waals surface area contributed by atoms with Crippen LogP contribution in [0.1, 0.15) is 29.5 Å². The van der Waals surface area contributed by atoms with Crippen molar-refractivity contribution in [2.45, 2.75) is 32.4 Å². The molecule has 0 fully saturated rings. The summed E-state index contributed by atoms with van der Waals surface area (Å²) in [6.45, 7) is 3.68. The van der Waals surface area contributed by atoms with Gasteiger partial charge in [0.15, 0.2) is 5.82 Å². The standard InChI is InChI=1S/C27H28FN7O2/c1-15-19(12-31-27-22(37-3)4-6-29-26(15)27)16-8-17-10-23(30-13-20(17)21(28)9-16)32-24-11-18-5-7-34(2)25(36)14-35(18)33-24/h8-13,22,29H,4-7,14H2,1-3H3,(H,30,32,33)/t22-/m0/s1. The van der Waals surface area contributed by atoms with Gasteiger partial charge >= 0.3 is 0 Å². The van der Waals surface area contributed by atoms with Crippen LogP contribution in [0.15, 0.2) is 36.7 Å². The molecule has 10 heteroatoms. The molecular formula is C27H28FN7O2. The van der Waals surface area contributed by atoms with Gasteiger partial charge in [-0.2, -0.15) is 5.10 Å². The van der Waals surface area contributed by atoms with E-state index < -0.39 is 0 Å². The van der Waals surface area contributed by atoms with Gasteiger partial charge in [-0.25, -0.2) is 9.37 Å². The lowest BCUT2D eigenvalue weighted by Crippen LogP contribution is -2.29. The Hall–Kier alpha value is -4.05. The van der Waals surface area contributed by atoms with E-state index in [9.17, 15) is 4.79 Å². The van der Waals surface area contributed by atoms with Crippen LogP contribution in [0.2, 0.25) is 0 Å². The van der Waals surface area contributed by atoms with Crippen LogP contribution in [-0.4, -0.2) is 57.8 Å². The summed E-state index contributed by atoms with van der Waals surface area (Å²) in [5, 5.41) is 12.3. The SMILES string of the molecule is CO[C@H]1CCNc2c1ncc(-c1cc(F)c3cnc(Nc4cc5n(n4)CC(=O)N(C)CC5)cc3c1)c2C. The van der Waals surface area contributed by atoms with Crippen molar-refractivity contribution in [3.63, 3.8) is 0 Å². The minimum atomic E-state index is -0.345. The second-order valence-electron chi connectivity index (χ2n) is 9.61. The Kier molecular flexibility index (Phi) is 5.75. The number of likely N-dealkylation sites (N-methyl/N-ethyl adjacent to an activating group) is 1. The van der Waals surface area contributed by atoms with Gasteiger partial charge in [-0.05, 0) is 48.1 Å². The maximum absolute atomic E-state index is 15.2. The highest BCUT2D eigenvalue weighted by atomic mass is 19.1. The van der Waals surface area contributed by atoms with E-state index in [1.807, 2.05) is 25.1 Å². The number of carbonyl (C=O) groups excluding carboxylic acids is 1. The van der Waals surface area contributed by atoms with Crippen LogP contribution < -0.4 is 10.6 Å². The molecule has 2 aliphatic rings. The van der Waals surface area contributed by atoms with Crippen LogP contribution in [0.25, 0.3) is 21.9 Å². The molecule has 0 bridgehead atoms. The molecule has 6 rings (SSSR count). The number of methoxy groups -OCH3 is 1. The number of amides is 1. The summed E-state index contributed by atoms with van der Waals surface area (Å²) in [6, 6.07) is 7.23. The third kappa shape index (κ3) is 4.17. The van der Waals surface area contributed by atoms with Crippen LogP contribution in [0.3, 0.4) is 0 Å². The summed E-state index contributed by atoms with van der Waals surface area (Å²) in [4.78, 5) is 23.0. The van der Waals surface area contributed by atoms with Gasteiger partial charge in [0, 0.05) is 68.8 Å². The highest BCUT2D eigenvalue weighted by molar-refractivity contribution is 5.90. The summed E-state index contributed by atoms with van der Waals surface area (Å²) in [6.07, 6.45) is 4.86. The van der Waals surface area contributed by atoms with Crippen molar-refractivity contribution in [3.05, 3.63) is 59.4 Å². The zero-order valence-corrected chi connectivity index (χ0v) is 21.0. The number of benzene rings is 1. The van der Waals surface area contributed by atoms with Gasteiger partial charge in [0.05, 0.1) is 11.4 Å². The minimum absolute atomic E-state index is 0.0279. The molecule has 4 aromatic rings. The van der Waals surface area contributed by atoms with Crippen molar-refractivity contribution < 1.29 is 13.9 Å². The molecule has 0 saturated heterocycles. The summed E-state index contributed by atoms with van der Waals surface area (Å²) < 4.78 is 22.5. The maximum atomic E-state index is 15.2. The number of hydrogen-bond acceptors (Lipinski definition) is 7. The van der Waals surface area contributed by atoms with E-state index in [-0.39, 0.29) is 24.4 Å². The first kappa shape index (κ1) is 23.4. The quantitative estimate of drug-likeness (QED) is 0.433. The number of hydrogen-bond donors (Lipinski definition) is 2. The van der Waals surface area contributed by atoms with Crippen LogP contribution in [0.4, 0.5) is 21.7 Å². The summed E-state index contributed by atoms with van der Waals surface area (Å²) in [5.41, 5.74) is 5.44. The largest absolute Gasteiger partial charge is 0.383 e. The van der Waals surface area contributed by atoms with Crippen LogP contribution >= 0.6 is 0 Å². The molecule has 5 heterocycles. The van der Waals surface area contributed by atoms with E-state index in [4.69, 9.17) is 4.74 Å².